The van der Waals surface area contributed by atoms with Crippen molar-refractivity contribution in [2.24, 2.45) is 0 Å². The van der Waals surface area contributed by atoms with E-state index < -0.39 is 20.2 Å². The Hall–Kier alpha value is -3.38. The molecule has 46 heavy (non-hydrogen) atoms. The number of unbranched alkanes of at least 4 members (excludes halogenated alkanes) is 2. The number of anilines is 1. The molecule has 0 fully saturated rings. The van der Waals surface area contributed by atoms with Gasteiger partial charge < -0.3 is 4.90 Å². The largest absolute Gasteiger partial charge is 0.344 e. The van der Waals surface area contributed by atoms with Gasteiger partial charge >= 0.3 is 0 Å². The van der Waals surface area contributed by atoms with Crippen LogP contribution in [-0.2, 0) is 35.2 Å². The van der Waals surface area contributed by atoms with Gasteiger partial charge in [0.2, 0.25) is 5.69 Å². The number of hydrogen-bond acceptors (Lipinski definition) is 7. The number of nitrogens with zero attached hydrogens (tertiary/aromatic N) is 2. The van der Waals surface area contributed by atoms with Crippen LogP contribution in [0.1, 0.15) is 74.9 Å². The molecule has 2 aliphatic rings. The third-order valence-electron chi connectivity index (χ3n) is 8.90. The summed E-state index contributed by atoms with van der Waals surface area (Å²) in [4.78, 5) is 13.8. The number of aldehydes is 1. The number of allylic oxidation sites excluding steroid dienone is 6. The molecule has 1 N–H and O–H groups in total. The number of carbonyl (C=O) groups is 1. The molecule has 0 saturated heterocycles. The van der Waals surface area contributed by atoms with Crippen LogP contribution in [0.4, 0.5) is 11.4 Å². The zero-order valence-electron chi connectivity index (χ0n) is 27.3. The summed E-state index contributed by atoms with van der Waals surface area (Å²) >= 11 is 0. The third-order valence-corrected chi connectivity index (χ3v) is 11.0. The molecule has 2 aromatic carbocycles. The molecule has 0 atom stereocenters. The molecular formula is C35H45N2O7S2+. The summed E-state index contributed by atoms with van der Waals surface area (Å²) in [6.45, 7) is 9.84. The van der Waals surface area contributed by atoms with Crippen LogP contribution in [0.15, 0.2) is 78.5 Å². The lowest BCUT2D eigenvalue weighted by Gasteiger charge is -2.27. The van der Waals surface area contributed by atoms with Gasteiger partial charge in [-0.3, -0.25) is 13.5 Å². The van der Waals surface area contributed by atoms with Gasteiger partial charge in [-0.2, -0.15) is 21.4 Å². The van der Waals surface area contributed by atoms with E-state index in [4.69, 9.17) is 4.55 Å². The highest BCUT2D eigenvalue weighted by molar-refractivity contribution is 7.86. The maximum Gasteiger partial charge on any atom is 0.267 e. The van der Waals surface area contributed by atoms with Crippen LogP contribution >= 0.6 is 0 Å². The van der Waals surface area contributed by atoms with Crippen molar-refractivity contribution in [1.29, 1.82) is 0 Å². The van der Waals surface area contributed by atoms with E-state index in [9.17, 15) is 21.6 Å². The van der Waals surface area contributed by atoms with E-state index >= 15 is 0 Å². The highest BCUT2D eigenvalue weighted by Gasteiger charge is 2.44. The molecule has 0 aromatic heterocycles. The van der Waals surface area contributed by atoms with Crippen LogP contribution in [0.5, 0.6) is 0 Å². The molecule has 0 spiro atoms. The van der Waals surface area contributed by atoms with Gasteiger partial charge in [-0.05, 0) is 62.9 Å². The first-order chi connectivity index (χ1) is 21.6. The third kappa shape index (κ3) is 7.94. The molecular weight excluding hydrogens is 625 g/mol. The summed E-state index contributed by atoms with van der Waals surface area (Å²) in [6.07, 6.45) is 13.1. The Morgan fingerprint density at radius 3 is 2.28 bits per heavy atom. The first kappa shape index (κ1) is 35.5. The summed E-state index contributed by atoms with van der Waals surface area (Å²) in [6, 6.07) is 13.9. The summed E-state index contributed by atoms with van der Waals surface area (Å²) in [5.74, 6) is -0.299. The Morgan fingerprint density at radius 2 is 1.59 bits per heavy atom. The quantitative estimate of drug-likeness (QED) is 0.0604. The monoisotopic (exact) mass is 669 g/mol. The average molecular weight is 670 g/mol. The predicted octanol–water partition coefficient (Wildman–Crippen LogP) is 6.09. The minimum absolute atomic E-state index is 0.0436. The van der Waals surface area contributed by atoms with Gasteiger partial charge in [0.1, 0.15) is 12.8 Å². The van der Waals surface area contributed by atoms with E-state index in [1.54, 1.807) is 6.07 Å². The molecule has 248 valence electrons. The van der Waals surface area contributed by atoms with Gasteiger partial charge in [0.25, 0.3) is 20.2 Å². The normalized spacial score (nSPS) is 18.2. The predicted molar refractivity (Wildman–Crippen MR) is 184 cm³/mol. The Kier molecular flexibility index (Phi) is 10.9. The van der Waals surface area contributed by atoms with Crippen molar-refractivity contribution >= 4 is 43.6 Å². The SMILES string of the molecule is COS(=O)(=O)CCCCN1C(=CC=CC=CC2=[N+](CCCCS(=O)(=O)O)c3ccccc3C2(C)C)C(C)(C)c2cc(C=O)ccc21. The fourth-order valence-electron chi connectivity index (χ4n) is 6.43. The molecule has 0 bridgehead atoms. The molecule has 2 aromatic rings. The molecule has 2 aliphatic heterocycles. The lowest BCUT2D eigenvalue weighted by atomic mass is 9.81. The number of fused-ring (bicyclic) bond motifs is 2. The first-order valence-electron chi connectivity index (χ1n) is 15.5. The smallest absolute Gasteiger partial charge is 0.267 e. The molecule has 2 heterocycles. The highest BCUT2D eigenvalue weighted by Crippen LogP contribution is 2.48. The average Bonchev–Trinajstić information content (AvgIpc) is 3.35. The number of rotatable bonds is 15. The van der Waals surface area contributed by atoms with Crippen molar-refractivity contribution in [1.82, 2.24) is 0 Å². The van der Waals surface area contributed by atoms with Crippen molar-refractivity contribution in [3.05, 3.63) is 95.2 Å². The van der Waals surface area contributed by atoms with Crippen molar-refractivity contribution < 1.29 is 34.9 Å². The minimum Gasteiger partial charge on any atom is -0.344 e. The minimum atomic E-state index is -3.99. The first-order valence-corrected chi connectivity index (χ1v) is 18.7. The van der Waals surface area contributed by atoms with E-state index in [-0.39, 0.29) is 22.3 Å². The van der Waals surface area contributed by atoms with E-state index in [0.717, 1.165) is 34.6 Å². The Bertz CT molecular complexity index is 1800. The van der Waals surface area contributed by atoms with Crippen LogP contribution < -0.4 is 4.90 Å². The second-order valence-corrected chi connectivity index (χ2v) is 16.2. The summed E-state index contributed by atoms with van der Waals surface area (Å²) in [7, 11) is -6.34. The van der Waals surface area contributed by atoms with E-state index in [1.165, 1.54) is 12.7 Å². The lowest BCUT2D eigenvalue weighted by Crippen LogP contribution is -2.28. The van der Waals surface area contributed by atoms with Gasteiger partial charge in [-0.1, -0.05) is 50.3 Å². The zero-order chi connectivity index (χ0) is 33.8. The number of para-hydroxylation sites is 1. The van der Waals surface area contributed by atoms with Crippen molar-refractivity contribution in [3.8, 4) is 0 Å². The molecule has 0 unspecified atom stereocenters. The standard InChI is InChI=1S/C35H44N2O7S2/c1-34(2)28-15-9-10-16-30(28)36(21-11-13-23-45(39,40)41)32(34)17-7-6-8-18-33-35(3,4)29-25-27(26-38)19-20-31(29)37(33)22-12-14-24-46(42,43)44-5/h6-10,15-20,25-26H,11-14,21-24H2,1-5H3/p+1. The van der Waals surface area contributed by atoms with Crippen LogP contribution in [0.2, 0.25) is 0 Å². The molecule has 0 aliphatic carbocycles. The van der Waals surface area contributed by atoms with Gasteiger partial charge in [-0.25, -0.2) is 0 Å². The molecule has 11 heteroatoms. The van der Waals surface area contributed by atoms with Crippen molar-refractivity contribution in [2.45, 2.75) is 64.2 Å². The van der Waals surface area contributed by atoms with Gasteiger partial charge in [-0.15, -0.1) is 0 Å². The molecule has 4 rings (SSSR count). The van der Waals surface area contributed by atoms with Crippen LogP contribution in [0.3, 0.4) is 0 Å². The lowest BCUT2D eigenvalue weighted by molar-refractivity contribution is -0.438. The van der Waals surface area contributed by atoms with Gasteiger partial charge in [0.05, 0.1) is 24.0 Å². The maximum absolute atomic E-state index is 11.8. The summed E-state index contributed by atoms with van der Waals surface area (Å²) in [5.41, 5.74) is 6.45. The van der Waals surface area contributed by atoms with E-state index in [2.05, 4.69) is 65.6 Å². The Labute approximate surface area is 273 Å². The number of hydrogen-bond donors (Lipinski definition) is 1. The second-order valence-electron chi connectivity index (χ2n) is 12.8. The van der Waals surface area contributed by atoms with Gasteiger partial charge in [0.15, 0.2) is 5.71 Å². The Balaban J connectivity index is 1.59. The topological polar surface area (TPSA) is 121 Å². The van der Waals surface area contributed by atoms with E-state index in [0.29, 0.717) is 44.3 Å². The van der Waals surface area contributed by atoms with Crippen LogP contribution in [0.25, 0.3) is 0 Å². The van der Waals surface area contributed by atoms with Crippen LogP contribution in [0, 0.1) is 0 Å². The highest BCUT2D eigenvalue weighted by atomic mass is 32.2. The number of benzene rings is 2. The van der Waals surface area contributed by atoms with Gasteiger partial charge in [0, 0.05) is 53.0 Å². The summed E-state index contributed by atoms with van der Waals surface area (Å²) in [5, 5.41) is 0. The van der Waals surface area contributed by atoms with Crippen molar-refractivity contribution in [2.75, 3.05) is 36.6 Å². The molecule has 0 radical (unpaired) electrons. The fourth-order valence-corrected chi connectivity index (χ4v) is 7.73. The fraction of sp³-hybridized carbons (Fsp3) is 0.429. The molecule has 0 amide bonds. The summed E-state index contributed by atoms with van der Waals surface area (Å²) < 4.78 is 62.1. The molecule has 9 nitrogen and oxygen atoms in total. The molecule has 0 saturated carbocycles. The van der Waals surface area contributed by atoms with Crippen LogP contribution in [-0.4, -0.2) is 69.7 Å². The second kappa shape index (κ2) is 14.2. The number of carbonyl (C=O) groups excluding carboxylic acids is 1. The zero-order valence-corrected chi connectivity index (χ0v) is 28.9. The van der Waals surface area contributed by atoms with E-state index in [1.807, 2.05) is 42.5 Å². The maximum atomic E-state index is 11.8. The van der Waals surface area contributed by atoms with Crippen molar-refractivity contribution in [3.63, 3.8) is 0 Å². The Morgan fingerprint density at radius 1 is 0.870 bits per heavy atom.